The lowest BCUT2D eigenvalue weighted by Gasteiger charge is -2.30. The number of benzene rings is 1. The van der Waals surface area contributed by atoms with Crippen LogP contribution in [0.1, 0.15) is 35.1 Å². The van der Waals surface area contributed by atoms with E-state index in [0.717, 1.165) is 35.7 Å². The highest BCUT2D eigenvalue weighted by atomic mass is 79.9. The van der Waals surface area contributed by atoms with E-state index >= 15 is 0 Å². The molecule has 0 bridgehead atoms. The zero-order valence-corrected chi connectivity index (χ0v) is 19.2. The summed E-state index contributed by atoms with van der Waals surface area (Å²) in [7, 11) is -2.27. The largest absolute Gasteiger partial charge is 0.497 e. The molecule has 0 aliphatic carbocycles. The number of sulfonamides is 1. The van der Waals surface area contributed by atoms with Gasteiger partial charge in [0.2, 0.25) is 10.0 Å². The highest BCUT2D eigenvalue weighted by Crippen LogP contribution is 2.31. The Morgan fingerprint density at radius 3 is 2.54 bits per heavy atom. The first-order valence-corrected chi connectivity index (χ1v) is 11.8. The molecule has 0 saturated heterocycles. The zero-order valence-electron chi connectivity index (χ0n) is 15.9. The van der Waals surface area contributed by atoms with Gasteiger partial charge < -0.3 is 10.1 Å². The first kappa shape index (κ1) is 22.8. The third-order valence-electron chi connectivity index (χ3n) is 4.37. The number of amides is 1. The molecule has 0 spiro atoms. The van der Waals surface area contributed by atoms with E-state index in [4.69, 9.17) is 9.88 Å². The van der Waals surface area contributed by atoms with Crippen LogP contribution in [0.15, 0.2) is 39.0 Å². The van der Waals surface area contributed by atoms with Crippen molar-refractivity contribution in [1.82, 2.24) is 10.2 Å². The fourth-order valence-electron chi connectivity index (χ4n) is 2.91. The number of ether oxygens (including phenoxy) is 1. The Balaban J connectivity index is 2.22. The van der Waals surface area contributed by atoms with Crippen molar-refractivity contribution in [1.29, 1.82) is 0 Å². The first-order valence-electron chi connectivity index (χ1n) is 8.69. The quantitative estimate of drug-likeness (QED) is 0.563. The van der Waals surface area contributed by atoms with Gasteiger partial charge >= 0.3 is 0 Å². The monoisotopic (exact) mass is 489 g/mol. The van der Waals surface area contributed by atoms with Gasteiger partial charge in [-0.05, 0) is 52.8 Å². The van der Waals surface area contributed by atoms with Crippen molar-refractivity contribution >= 4 is 43.2 Å². The maximum absolute atomic E-state index is 12.6. The second-order valence-corrected chi connectivity index (χ2v) is 9.92. The first-order chi connectivity index (χ1) is 13.2. The van der Waals surface area contributed by atoms with Gasteiger partial charge in [0.05, 0.1) is 21.8 Å². The van der Waals surface area contributed by atoms with Crippen molar-refractivity contribution in [2.24, 2.45) is 5.14 Å². The number of hydrogen-bond donors (Lipinski definition) is 2. The van der Waals surface area contributed by atoms with Crippen LogP contribution >= 0.6 is 27.3 Å². The van der Waals surface area contributed by atoms with E-state index in [0.29, 0.717) is 10.3 Å². The summed E-state index contributed by atoms with van der Waals surface area (Å²) in [6.45, 7) is 6.12. The van der Waals surface area contributed by atoms with Gasteiger partial charge in [-0.25, -0.2) is 13.6 Å². The van der Waals surface area contributed by atoms with Crippen LogP contribution in [0.3, 0.4) is 0 Å². The summed E-state index contributed by atoms with van der Waals surface area (Å²) < 4.78 is 28.8. The molecule has 7 nitrogen and oxygen atoms in total. The van der Waals surface area contributed by atoms with Crippen molar-refractivity contribution in [3.05, 3.63) is 44.6 Å². The second kappa shape index (κ2) is 9.84. The van der Waals surface area contributed by atoms with Gasteiger partial charge in [0.15, 0.2) is 0 Å². The highest BCUT2D eigenvalue weighted by molar-refractivity contribution is 9.11. The van der Waals surface area contributed by atoms with Crippen LogP contribution in [-0.2, 0) is 10.0 Å². The van der Waals surface area contributed by atoms with Gasteiger partial charge in [0.1, 0.15) is 10.6 Å². The summed E-state index contributed by atoms with van der Waals surface area (Å²) in [6.07, 6.45) is 0. The Morgan fingerprint density at radius 2 is 2.00 bits per heavy atom. The van der Waals surface area contributed by atoms with Gasteiger partial charge in [-0.2, -0.15) is 0 Å². The van der Waals surface area contributed by atoms with Crippen LogP contribution in [-0.4, -0.2) is 46.0 Å². The SMILES string of the molecule is CCN(CC)[C@@H](CNC(=O)c1cc(S(N)(=O)=O)c(Br)s1)c1cccc(OC)c1. The van der Waals surface area contributed by atoms with Crippen LogP contribution in [0.25, 0.3) is 0 Å². The van der Waals surface area contributed by atoms with E-state index in [2.05, 4.69) is 40.0 Å². The standard InChI is InChI=1S/C18H24BrN3O4S2/c1-4-22(5-2)14(12-7-6-8-13(9-12)26-3)11-21-18(23)15-10-16(17(19)27-15)28(20,24)25/h6-10,14H,4-5,11H2,1-3H3,(H,21,23)(H2,20,24,25)/t14-/m0/s1. The lowest BCUT2D eigenvalue weighted by Crippen LogP contribution is -2.37. The summed E-state index contributed by atoms with van der Waals surface area (Å²) in [4.78, 5) is 15.0. The molecule has 0 aliphatic rings. The third kappa shape index (κ3) is 5.54. The number of rotatable bonds is 9. The fourth-order valence-corrected chi connectivity index (χ4v) is 5.97. The maximum atomic E-state index is 12.6. The normalized spacial score (nSPS) is 12.8. The Hall–Kier alpha value is -1.46. The van der Waals surface area contributed by atoms with E-state index in [1.54, 1.807) is 7.11 Å². The molecule has 0 unspecified atom stereocenters. The van der Waals surface area contributed by atoms with Crippen molar-refractivity contribution in [3.63, 3.8) is 0 Å². The minimum Gasteiger partial charge on any atom is -0.497 e. The molecule has 154 valence electrons. The smallest absolute Gasteiger partial charge is 0.261 e. The topological polar surface area (TPSA) is 102 Å². The molecular weight excluding hydrogens is 466 g/mol. The summed E-state index contributed by atoms with van der Waals surface area (Å²) >= 11 is 4.19. The van der Waals surface area contributed by atoms with Crippen LogP contribution in [0, 0.1) is 0 Å². The average molecular weight is 490 g/mol. The molecule has 10 heteroatoms. The van der Waals surface area contributed by atoms with Crippen molar-refractivity contribution in [2.75, 3.05) is 26.7 Å². The minimum absolute atomic E-state index is 0.0461. The van der Waals surface area contributed by atoms with Crippen molar-refractivity contribution in [2.45, 2.75) is 24.8 Å². The predicted octanol–water partition coefficient (Wildman–Crippen LogP) is 2.98. The number of methoxy groups -OCH3 is 1. The Kier molecular flexibility index (Phi) is 8.02. The van der Waals surface area contributed by atoms with Crippen LogP contribution in [0.4, 0.5) is 0 Å². The van der Waals surface area contributed by atoms with Gasteiger partial charge in [-0.3, -0.25) is 9.69 Å². The van der Waals surface area contributed by atoms with E-state index in [9.17, 15) is 13.2 Å². The summed E-state index contributed by atoms with van der Waals surface area (Å²) in [5.41, 5.74) is 1.03. The molecular formula is C18H24BrN3O4S2. The number of thiophene rings is 1. The molecule has 3 N–H and O–H groups in total. The summed E-state index contributed by atoms with van der Waals surface area (Å²) in [5, 5.41) is 8.08. The van der Waals surface area contributed by atoms with Crippen molar-refractivity contribution < 1.29 is 17.9 Å². The molecule has 1 heterocycles. The summed E-state index contributed by atoms with van der Waals surface area (Å²) in [5.74, 6) is 0.404. The number of halogens is 1. The number of carbonyl (C=O) groups is 1. The van der Waals surface area contributed by atoms with Gasteiger partial charge in [0, 0.05) is 6.54 Å². The van der Waals surface area contributed by atoms with Crippen LogP contribution in [0.2, 0.25) is 0 Å². The Morgan fingerprint density at radius 1 is 1.32 bits per heavy atom. The van der Waals surface area contributed by atoms with E-state index < -0.39 is 10.0 Å². The lowest BCUT2D eigenvalue weighted by atomic mass is 10.0. The number of nitrogens with one attached hydrogen (secondary N) is 1. The van der Waals surface area contributed by atoms with E-state index in [-0.39, 0.29) is 21.7 Å². The number of nitrogens with zero attached hydrogens (tertiary/aromatic N) is 1. The average Bonchev–Trinajstić information content (AvgIpc) is 3.07. The highest BCUT2D eigenvalue weighted by Gasteiger charge is 2.23. The fraction of sp³-hybridized carbons (Fsp3) is 0.389. The lowest BCUT2D eigenvalue weighted by molar-refractivity contribution is 0.0939. The molecule has 1 aromatic heterocycles. The van der Waals surface area contributed by atoms with Gasteiger partial charge in [0.25, 0.3) is 5.91 Å². The van der Waals surface area contributed by atoms with Gasteiger partial charge in [-0.1, -0.05) is 26.0 Å². The molecule has 0 radical (unpaired) electrons. The molecule has 2 rings (SSSR count). The number of hydrogen-bond acceptors (Lipinski definition) is 6. The molecule has 0 saturated carbocycles. The Bertz CT molecular complexity index is 927. The van der Waals surface area contributed by atoms with E-state index in [1.165, 1.54) is 6.07 Å². The predicted molar refractivity (Wildman–Crippen MR) is 114 cm³/mol. The van der Waals surface area contributed by atoms with Crippen molar-refractivity contribution in [3.8, 4) is 5.75 Å². The summed E-state index contributed by atoms with van der Waals surface area (Å²) in [6, 6.07) is 8.99. The van der Waals surface area contributed by atoms with Crippen LogP contribution < -0.4 is 15.2 Å². The molecule has 1 atom stereocenters. The number of primary sulfonamides is 1. The molecule has 28 heavy (non-hydrogen) atoms. The van der Waals surface area contributed by atoms with Crippen LogP contribution in [0.5, 0.6) is 5.75 Å². The number of likely N-dealkylation sites (N-methyl/N-ethyl adjacent to an activating group) is 1. The zero-order chi connectivity index (χ0) is 20.9. The number of carbonyl (C=O) groups excluding carboxylic acids is 1. The molecule has 0 fully saturated rings. The minimum atomic E-state index is -3.89. The molecule has 2 aromatic rings. The third-order valence-corrected chi connectivity index (χ3v) is 7.54. The number of nitrogens with two attached hydrogens (primary N) is 1. The van der Waals surface area contributed by atoms with Gasteiger partial charge in [-0.15, -0.1) is 11.3 Å². The maximum Gasteiger partial charge on any atom is 0.261 e. The second-order valence-electron chi connectivity index (χ2n) is 6.02. The molecule has 1 amide bonds. The molecule has 0 aliphatic heterocycles. The molecule has 1 aromatic carbocycles. The Labute approximate surface area is 178 Å². The van der Waals surface area contributed by atoms with E-state index in [1.807, 2.05) is 24.3 Å².